The van der Waals surface area contributed by atoms with Crippen molar-refractivity contribution >= 4 is 34.2 Å². The Morgan fingerprint density at radius 3 is 2.79 bits per heavy atom. The molecule has 28 heavy (non-hydrogen) atoms. The number of aromatic nitrogens is 1. The maximum atomic E-state index is 12.8. The van der Waals surface area contributed by atoms with Gasteiger partial charge in [0.15, 0.2) is 0 Å². The molecule has 148 valence electrons. The molecule has 1 aliphatic heterocycles. The molecule has 1 unspecified atom stereocenters. The van der Waals surface area contributed by atoms with Gasteiger partial charge in [-0.15, -0.1) is 23.4 Å². The van der Waals surface area contributed by atoms with Crippen molar-refractivity contribution in [2.45, 2.75) is 43.9 Å². The van der Waals surface area contributed by atoms with Crippen LogP contribution in [0.15, 0.2) is 53.5 Å². The number of pyridine rings is 1. The molecule has 4 nitrogen and oxygen atoms in total. The zero-order chi connectivity index (χ0) is 19.9. The van der Waals surface area contributed by atoms with Gasteiger partial charge in [0.05, 0.1) is 4.71 Å². The fourth-order valence-corrected chi connectivity index (χ4v) is 4.39. The van der Waals surface area contributed by atoms with E-state index in [-0.39, 0.29) is 21.7 Å². The second kappa shape index (κ2) is 9.99. The van der Waals surface area contributed by atoms with Crippen LogP contribution in [0.5, 0.6) is 0 Å². The van der Waals surface area contributed by atoms with Crippen LogP contribution in [-0.4, -0.2) is 21.7 Å². The van der Waals surface area contributed by atoms with Crippen LogP contribution >= 0.6 is 23.4 Å². The number of amides is 1. The smallest absolute Gasteiger partial charge is 0.263 e. The van der Waals surface area contributed by atoms with Crippen LogP contribution in [0.25, 0.3) is 4.91 Å². The number of hydrogen-bond donors (Lipinski definition) is 1. The van der Waals surface area contributed by atoms with E-state index in [4.69, 9.17) is 11.6 Å². The highest BCUT2D eigenvalue weighted by Gasteiger charge is 2.20. The van der Waals surface area contributed by atoms with Crippen LogP contribution in [-0.2, 0) is 13.0 Å². The normalized spacial score (nSPS) is 16.1. The van der Waals surface area contributed by atoms with Crippen molar-refractivity contribution in [3.63, 3.8) is 0 Å². The molecule has 6 heteroatoms. The standard InChI is InChI=1S/C22H25ClN2O2S/c1-2-3-13-25-15-17(19-9-10-20(23)28-19)14-18(22(25)27)21(26)24-12-11-16-7-5-4-6-8-16/h4-9,14-15,20H,2-3,10-13H2,1H3,(H,24,26). The highest BCUT2D eigenvalue weighted by Crippen LogP contribution is 2.40. The Morgan fingerprint density at radius 2 is 2.11 bits per heavy atom. The molecule has 2 heterocycles. The largest absolute Gasteiger partial charge is 0.352 e. The fraction of sp³-hybridized carbons (Fsp3) is 0.364. The molecule has 1 aromatic heterocycles. The van der Waals surface area contributed by atoms with Gasteiger partial charge < -0.3 is 9.88 Å². The summed E-state index contributed by atoms with van der Waals surface area (Å²) < 4.78 is 1.67. The summed E-state index contributed by atoms with van der Waals surface area (Å²) in [5.41, 5.74) is 2.00. The van der Waals surface area contributed by atoms with E-state index in [9.17, 15) is 9.59 Å². The Balaban J connectivity index is 1.79. The first-order valence-electron chi connectivity index (χ1n) is 9.66. The Labute approximate surface area is 175 Å². The van der Waals surface area contributed by atoms with Gasteiger partial charge in [-0.05, 0) is 30.9 Å². The Bertz CT molecular complexity index is 908. The van der Waals surface area contributed by atoms with E-state index in [0.717, 1.165) is 41.7 Å². The van der Waals surface area contributed by atoms with Gasteiger partial charge in [0.1, 0.15) is 5.56 Å². The van der Waals surface area contributed by atoms with Crippen molar-refractivity contribution in [3.05, 3.63) is 75.7 Å². The lowest BCUT2D eigenvalue weighted by Crippen LogP contribution is -2.34. The van der Waals surface area contributed by atoms with Gasteiger partial charge in [0.25, 0.3) is 11.5 Å². The first-order valence-corrected chi connectivity index (χ1v) is 11.0. The molecule has 0 radical (unpaired) electrons. The van der Waals surface area contributed by atoms with Crippen LogP contribution in [0.3, 0.4) is 0 Å². The predicted molar refractivity (Wildman–Crippen MR) is 118 cm³/mol. The number of aryl methyl sites for hydroxylation is 1. The zero-order valence-corrected chi connectivity index (χ0v) is 17.6. The van der Waals surface area contributed by atoms with Crippen LogP contribution < -0.4 is 10.9 Å². The quantitative estimate of drug-likeness (QED) is 0.636. The molecule has 0 aliphatic carbocycles. The Morgan fingerprint density at radius 1 is 1.32 bits per heavy atom. The van der Waals surface area contributed by atoms with Crippen LogP contribution in [0.4, 0.5) is 0 Å². The Hall–Kier alpha value is -1.98. The molecule has 1 atom stereocenters. The SMILES string of the molecule is CCCCn1cc(C2=CCC(Cl)S2)cc(C(=O)NCCc2ccccc2)c1=O. The summed E-state index contributed by atoms with van der Waals surface area (Å²) in [6.45, 7) is 3.18. The molecule has 1 N–H and O–H groups in total. The first kappa shape index (κ1) is 20.7. The van der Waals surface area contributed by atoms with Gasteiger partial charge in [0.2, 0.25) is 0 Å². The van der Waals surface area contributed by atoms with Gasteiger partial charge in [-0.3, -0.25) is 9.59 Å². The lowest BCUT2D eigenvalue weighted by atomic mass is 10.1. The van der Waals surface area contributed by atoms with Crippen LogP contribution in [0.1, 0.15) is 47.7 Å². The third-order valence-corrected chi connectivity index (χ3v) is 6.20. The number of alkyl halides is 1. The third kappa shape index (κ3) is 5.30. The number of allylic oxidation sites excluding steroid dienone is 1. The summed E-state index contributed by atoms with van der Waals surface area (Å²) in [4.78, 5) is 26.6. The molecule has 0 bridgehead atoms. The van der Waals surface area contributed by atoms with Gasteiger partial charge in [0, 0.05) is 29.8 Å². The van der Waals surface area contributed by atoms with E-state index in [2.05, 4.69) is 18.3 Å². The number of carbonyl (C=O) groups excluding carboxylic acids is 1. The summed E-state index contributed by atoms with van der Waals surface area (Å²) in [6, 6.07) is 11.7. The summed E-state index contributed by atoms with van der Waals surface area (Å²) in [7, 11) is 0. The highest BCUT2D eigenvalue weighted by molar-refractivity contribution is 8.10. The van der Waals surface area contributed by atoms with E-state index in [0.29, 0.717) is 13.1 Å². The number of nitrogens with one attached hydrogen (secondary N) is 1. The number of hydrogen-bond acceptors (Lipinski definition) is 3. The van der Waals surface area contributed by atoms with E-state index in [1.807, 2.05) is 36.5 Å². The summed E-state index contributed by atoms with van der Waals surface area (Å²) in [5, 5.41) is 2.89. The molecular formula is C22H25ClN2O2S. The molecule has 1 amide bonds. The average Bonchev–Trinajstić information content (AvgIpc) is 3.14. The van der Waals surface area contributed by atoms with Crippen molar-refractivity contribution in [2.24, 2.45) is 0 Å². The predicted octanol–water partition coefficient (Wildman–Crippen LogP) is 4.66. The van der Waals surface area contributed by atoms with Gasteiger partial charge in [-0.25, -0.2) is 0 Å². The first-order chi connectivity index (χ1) is 13.6. The van der Waals surface area contributed by atoms with Gasteiger partial charge in [-0.1, -0.05) is 49.8 Å². The van der Waals surface area contributed by atoms with Crippen LogP contribution in [0, 0.1) is 0 Å². The maximum Gasteiger partial charge on any atom is 0.263 e. The van der Waals surface area contributed by atoms with Crippen molar-refractivity contribution in [1.82, 2.24) is 9.88 Å². The number of nitrogens with zero attached hydrogens (tertiary/aromatic N) is 1. The van der Waals surface area contributed by atoms with Crippen molar-refractivity contribution < 1.29 is 4.79 Å². The molecule has 0 saturated heterocycles. The van der Waals surface area contributed by atoms with Crippen molar-refractivity contribution in [3.8, 4) is 0 Å². The molecule has 0 saturated carbocycles. The zero-order valence-electron chi connectivity index (χ0n) is 16.0. The lowest BCUT2D eigenvalue weighted by molar-refractivity contribution is 0.0952. The second-order valence-electron chi connectivity index (χ2n) is 6.82. The minimum Gasteiger partial charge on any atom is -0.352 e. The van der Waals surface area contributed by atoms with Crippen molar-refractivity contribution in [2.75, 3.05) is 6.54 Å². The maximum absolute atomic E-state index is 12.8. The minimum atomic E-state index is -0.320. The molecule has 0 spiro atoms. The Kier molecular flexibility index (Phi) is 7.40. The minimum absolute atomic E-state index is 0.00849. The highest BCUT2D eigenvalue weighted by atomic mass is 35.5. The molecular weight excluding hydrogens is 392 g/mol. The molecule has 2 aromatic rings. The number of benzene rings is 1. The number of unbranched alkanes of at least 4 members (excludes halogenated alkanes) is 1. The van der Waals surface area contributed by atoms with Crippen LogP contribution in [0.2, 0.25) is 0 Å². The molecule has 1 aromatic carbocycles. The number of rotatable bonds is 8. The lowest BCUT2D eigenvalue weighted by Gasteiger charge is -2.13. The van der Waals surface area contributed by atoms with Gasteiger partial charge >= 0.3 is 0 Å². The van der Waals surface area contributed by atoms with Gasteiger partial charge in [-0.2, -0.15) is 0 Å². The van der Waals surface area contributed by atoms with E-state index in [1.165, 1.54) is 0 Å². The van der Waals surface area contributed by atoms with E-state index >= 15 is 0 Å². The van der Waals surface area contributed by atoms with E-state index in [1.54, 1.807) is 22.4 Å². The van der Waals surface area contributed by atoms with E-state index < -0.39 is 0 Å². The summed E-state index contributed by atoms with van der Waals surface area (Å²) in [5.74, 6) is -0.320. The summed E-state index contributed by atoms with van der Waals surface area (Å²) in [6.07, 6.45) is 7.31. The third-order valence-electron chi connectivity index (χ3n) is 4.65. The monoisotopic (exact) mass is 416 g/mol. The number of carbonyl (C=O) groups is 1. The molecule has 1 aliphatic rings. The summed E-state index contributed by atoms with van der Waals surface area (Å²) >= 11 is 7.78. The van der Waals surface area contributed by atoms with Crippen molar-refractivity contribution in [1.29, 1.82) is 0 Å². The number of halogens is 1. The molecule has 0 fully saturated rings. The fourth-order valence-electron chi connectivity index (χ4n) is 3.11. The molecule has 3 rings (SSSR count). The average molecular weight is 417 g/mol. The second-order valence-corrected chi connectivity index (χ2v) is 8.85. The number of thioether (sulfide) groups is 1. The topological polar surface area (TPSA) is 51.1 Å².